The van der Waals surface area contributed by atoms with Crippen molar-refractivity contribution in [1.29, 1.82) is 0 Å². The van der Waals surface area contributed by atoms with Gasteiger partial charge >= 0.3 is 0 Å². The molecule has 144 valence electrons. The third kappa shape index (κ3) is 4.74. The van der Waals surface area contributed by atoms with Gasteiger partial charge in [-0.1, -0.05) is 28.1 Å². The molecule has 1 aliphatic rings. The number of nitrogens with zero attached hydrogens (tertiary/aromatic N) is 1. The number of halogens is 1. The Hall–Kier alpha value is -1.35. The maximum atomic E-state index is 12.9. The van der Waals surface area contributed by atoms with Gasteiger partial charge in [0.2, 0.25) is 15.9 Å². The number of sulfonamides is 1. The van der Waals surface area contributed by atoms with Crippen molar-refractivity contribution in [3.05, 3.63) is 53.0 Å². The van der Waals surface area contributed by atoms with Crippen molar-refractivity contribution in [1.82, 2.24) is 4.31 Å². The van der Waals surface area contributed by atoms with E-state index < -0.39 is 10.0 Å². The van der Waals surface area contributed by atoms with Crippen LogP contribution in [0.2, 0.25) is 0 Å². The Bertz CT molecular complexity index is 917. The molecule has 27 heavy (non-hydrogen) atoms. The van der Waals surface area contributed by atoms with Gasteiger partial charge in [-0.2, -0.15) is 4.31 Å². The van der Waals surface area contributed by atoms with Crippen molar-refractivity contribution in [2.24, 2.45) is 5.92 Å². The maximum absolute atomic E-state index is 12.9. The lowest BCUT2D eigenvalue weighted by Gasteiger charge is -2.31. The highest BCUT2D eigenvalue weighted by Gasteiger charge is 2.33. The minimum absolute atomic E-state index is 0.132. The Kier molecular flexibility index (Phi) is 6.62. The zero-order valence-corrected chi connectivity index (χ0v) is 18.1. The summed E-state index contributed by atoms with van der Waals surface area (Å²) in [4.78, 5) is 14.0. The fourth-order valence-corrected chi connectivity index (χ4v) is 5.45. The fourth-order valence-electron chi connectivity index (χ4n) is 3.11. The molecule has 0 radical (unpaired) electrons. The number of para-hydroxylation sites is 1. The van der Waals surface area contributed by atoms with E-state index in [0.29, 0.717) is 19.4 Å². The first kappa shape index (κ1) is 20.4. The van der Waals surface area contributed by atoms with Gasteiger partial charge < -0.3 is 5.32 Å². The van der Waals surface area contributed by atoms with Crippen molar-refractivity contribution >= 4 is 49.3 Å². The van der Waals surface area contributed by atoms with E-state index in [2.05, 4.69) is 21.2 Å². The Labute approximate surface area is 172 Å². The standard InChI is InChI=1S/C19H21BrN2O3S2/c1-26-18-7-3-2-6-17(18)21-19(23)14-5-4-12-22(13-14)27(24,25)16-10-8-15(20)9-11-16/h2-3,6-11,14H,4-5,12-13H2,1H3,(H,21,23). The topological polar surface area (TPSA) is 66.5 Å². The van der Waals surface area contributed by atoms with Crippen LogP contribution in [0.3, 0.4) is 0 Å². The van der Waals surface area contributed by atoms with E-state index in [9.17, 15) is 13.2 Å². The zero-order valence-electron chi connectivity index (χ0n) is 14.9. The molecular weight excluding hydrogens is 448 g/mol. The molecule has 5 nitrogen and oxygen atoms in total. The molecule has 0 spiro atoms. The molecule has 3 rings (SSSR count). The summed E-state index contributed by atoms with van der Waals surface area (Å²) in [6, 6.07) is 14.2. The monoisotopic (exact) mass is 468 g/mol. The molecule has 8 heteroatoms. The fraction of sp³-hybridized carbons (Fsp3) is 0.316. The molecule has 2 aromatic rings. The number of anilines is 1. The summed E-state index contributed by atoms with van der Waals surface area (Å²) in [5.74, 6) is -0.494. The highest BCUT2D eigenvalue weighted by molar-refractivity contribution is 9.10. The summed E-state index contributed by atoms with van der Waals surface area (Å²) in [6.45, 7) is 0.634. The van der Waals surface area contributed by atoms with Crippen LogP contribution in [0.15, 0.2) is 62.8 Å². The van der Waals surface area contributed by atoms with Gasteiger partial charge in [0.15, 0.2) is 0 Å². The third-order valence-electron chi connectivity index (χ3n) is 4.57. The summed E-state index contributed by atoms with van der Waals surface area (Å²) in [6.07, 6.45) is 3.30. The van der Waals surface area contributed by atoms with Crippen LogP contribution in [0.25, 0.3) is 0 Å². The quantitative estimate of drug-likeness (QED) is 0.667. The Morgan fingerprint density at radius 3 is 2.59 bits per heavy atom. The van der Waals surface area contributed by atoms with Crippen molar-refractivity contribution in [2.75, 3.05) is 24.7 Å². The smallest absolute Gasteiger partial charge is 0.243 e. The maximum Gasteiger partial charge on any atom is 0.243 e. The summed E-state index contributed by atoms with van der Waals surface area (Å²) >= 11 is 4.88. The number of amides is 1. The van der Waals surface area contributed by atoms with Crippen LogP contribution in [-0.2, 0) is 14.8 Å². The average Bonchev–Trinajstić information content (AvgIpc) is 2.69. The lowest BCUT2D eigenvalue weighted by molar-refractivity contribution is -0.120. The Balaban J connectivity index is 1.73. The molecule has 1 atom stereocenters. The number of carbonyl (C=O) groups is 1. The van der Waals surface area contributed by atoms with Gasteiger partial charge in [-0.3, -0.25) is 4.79 Å². The SMILES string of the molecule is CSc1ccccc1NC(=O)C1CCCN(S(=O)(=O)c2ccc(Br)cc2)C1. The number of benzene rings is 2. The molecule has 1 N–H and O–H groups in total. The van der Waals surface area contributed by atoms with E-state index in [0.717, 1.165) is 15.1 Å². The van der Waals surface area contributed by atoms with Crippen LogP contribution in [0.5, 0.6) is 0 Å². The van der Waals surface area contributed by atoms with Gasteiger partial charge in [0.05, 0.1) is 16.5 Å². The van der Waals surface area contributed by atoms with Crippen molar-refractivity contribution in [2.45, 2.75) is 22.6 Å². The lowest BCUT2D eigenvalue weighted by atomic mass is 9.99. The molecule has 1 amide bonds. The highest BCUT2D eigenvalue weighted by atomic mass is 79.9. The lowest BCUT2D eigenvalue weighted by Crippen LogP contribution is -2.43. The van der Waals surface area contributed by atoms with E-state index in [1.165, 1.54) is 4.31 Å². The van der Waals surface area contributed by atoms with E-state index >= 15 is 0 Å². The number of hydrogen-bond donors (Lipinski definition) is 1. The number of rotatable bonds is 5. The molecule has 1 heterocycles. The number of carbonyl (C=O) groups excluding carboxylic acids is 1. The van der Waals surface area contributed by atoms with Crippen LogP contribution in [0.4, 0.5) is 5.69 Å². The second kappa shape index (κ2) is 8.77. The highest BCUT2D eigenvalue weighted by Crippen LogP contribution is 2.28. The summed E-state index contributed by atoms with van der Waals surface area (Å²) < 4.78 is 28.0. The van der Waals surface area contributed by atoms with Crippen LogP contribution < -0.4 is 5.32 Å². The molecule has 0 aliphatic carbocycles. The average molecular weight is 469 g/mol. The van der Waals surface area contributed by atoms with Gasteiger partial charge in [0.1, 0.15) is 0 Å². The molecule has 1 saturated heterocycles. The third-order valence-corrected chi connectivity index (χ3v) is 7.78. The second-order valence-corrected chi connectivity index (χ2v) is 10.0. The number of nitrogens with one attached hydrogen (secondary N) is 1. The number of piperidine rings is 1. The summed E-state index contributed by atoms with van der Waals surface area (Å²) in [5, 5.41) is 2.96. The minimum Gasteiger partial charge on any atom is -0.325 e. The predicted molar refractivity (Wildman–Crippen MR) is 112 cm³/mol. The molecule has 1 aliphatic heterocycles. The van der Waals surface area contributed by atoms with Crippen LogP contribution >= 0.6 is 27.7 Å². The first-order valence-electron chi connectivity index (χ1n) is 8.61. The Morgan fingerprint density at radius 2 is 1.89 bits per heavy atom. The summed E-state index contributed by atoms with van der Waals surface area (Å²) in [7, 11) is -3.60. The molecular formula is C19H21BrN2O3S2. The second-order valence-electron chi connectivity index (χ2n) is 6.35. The predicted octanol–water partition coefficient (Wildman–Crippen LogP) is 4.21. The molecule has 0 bridgehead atoms. The largest absolute Gasteiger partial charge is 0.325 e. The van der Waals surface area contributed by atoms with E-state index in [1.807, 2.05) is 30.5 Å². The van der Waals surface area contributed by atoms with Crippen LogP contribution in [0, 0.1) is 5.92 Å². The van der Waals surface area contributed by atoms with Gasteiger partial charge in [0.25, 0.3) is 0 Å². The van der Waals surface area contributed by atoms with Gasteiger partial charge in [-0.15, -0.1) is 11.8 Å². The minimum atomic E-state index is -3.60. The molecule has 1 unspecified atom stereocenters. The van der Waals surface area contributed by atoms with Gasteiger partial charge in [-0.05, 0) is 55.5 Å². The van der Waals surface area contributed by atoms with Crippen LogP contribution in [-0.4, -0.2) is 38.0 Å². The molecule has 0 aromatic heterocycles. The van der Waals surface area contributed by atoms with E-state index in [1.54, 1.807) is 36.0 Å². The van der Waals surface area contributed by atoms with E-state index in [4.69, 9.17) is 0 Å². The first-order valence-corrected chi connectivity index (χ1v) is 12.1. The number of thioether (sulfide) groups is 1. The zero-order chi connectivity index (χ0) is 19.4. The van der Waals surface area contributed by atoms with E-state index in [-0.39, 0.29) is 23.3 Å². The normalized spacial score (nSPS) is 18.2. The van der Waals surface area contributed by atoms with Gasteiger partial charge in [-0.25, -0.2) is 8.42 Å². The molecule has 2 aromatic carbocycles. The molecule has 1 fully saturated rings. The van der Waals surface area contributed by atoms with Crippen molar-refractivity contribution in [3.63, 3.8) is 0 Å². The van der Waals surface area contributed by atoms with Crippen molar-refractivity contribution < 1.29 is 13.2 Å². The van der Waals surface area contributed by atoms with Gasteiger partial charge in [0, 0.05) is 22.5 Å². The Morgan fingerprint density at radius 1 is 1.19 bits per heavy atom. The first-order chi connectivity index (χ1) is 12.9. The van der Waals surface area contributed by atoms with Crippen molar-refractivity contribution in [3.8, 4) is 0 Å². The summed E-state index contributed by atoms with van der Waals surface area (Å²) in [5.41, 5.74) is 0.767. The van der Waals surface area contributed by atoms with Crippen LogP contribution in [0.1, 0.15) is 12.8 Å². The number of hydrogen-bond acceptors (Lipinski definition) is 4. The molecule has 0 saturated carbocycles.